The average Bonchev–Trinajstić information content (AvgIpc) is 1.96. The van der Waals surface area contributed by atoms with Gasteiger partial charge in [-0.3, -0.25) is 17.3 Å². The van der Waals surface area contributed by atoms with Crippen molar-refractivity contribution >= 4 is 7.54 Å². The fraction of sp³-hybridized carbons (Fsp3) is 0. The maximum absolute atomic E-state index is 12.1. The van der Waals surface area contributed by atoms with E-state index >= 15 is 0 Å². The molecule has 1 aromatic rings. The van der Waals surface area contributed by atoms with E-state index in [4.69, 9.17) is 5.11 Å². The largest absolute Gasteiger partial charge is 1.00 e. The number of phenolic OH excluding ortho intramolecular Hbond substituents is 1. The first-order valence-corrected chi connectivity index (χ1v) is 2.92. The van der Waals surface area contributed by atoms with Gasteiger partial charge in [-0.25, -0.2) is 4.39 Å². The van der Waals surface area contributed by atoms with Gasteiger partial charge in [-0.15, -0.1) is 12.1 Å². The molecule has 0 radical (unpaired) electrons. The van der Waals surface area contributed by atoms with Crippen molar-refractivity contribution in [3.8, 4) is 5.75 Å². The van der Waals surface area contributed by atoms with Gasteiger partial charge in [0.15, 0.2) is 0 Å². The molecule has 8 heteroatoms. The van der Waals surface area contributed by atoms with Crippen molar-refractivity contribution in [3.63, 3.8) is 0 Å². The van der Waals surface area contributed by atoms with Crippen LogP contribution < -0.4 is 51.4 Å². The molecule has 0 spiro atoms. The van der Waals surface area contributed by atoms with Gasteiger partial charge in [0, 0.05) is 17.4 Å². The third kappa shape index (κ3) is 8.95. The van der Waals surface area contributed by atoms with Crippen LogP contribution in [0.25, 0.3) is 0 Å². The molecule has 1 N–H and O–H groups in total. The molecule has 0 aliphatic rings. The summed E-state index contributed by atoms with van der Waals surface area (Å²) < 4.78 is 53.0. The summed E-state index contributed by atoms with van der Waals surface area (Å²) in [5, 5.41) is 8.43. The van der Waals surface area contributed by atoms with Crippen molar-refractivity contribution < 1.29 is 78.2 Å². The SMILES string of the molecule is FB(F)F.Oc1[c-]c(F)ccc1F.[K+]. The molecule has 0 saturated heterocycles. The number of hydrogen-bond acceptors (Lipinski definition) is 1. The van der Waals surface area contributed by atoms with Gasteiger partial charge in [0.2, 0.25) is 0 Å². The molecule has 0 saturated carbocycles. The van der Waals surface area contributed by atoms with Crippen LogP contribution in [-0.2, 0) is 0 Å². The molecule has 1 aromatic carbocycles. The summed E-state index contributed by atoms with van der Waals surface area (Å²) in [4.78, 5) is 0. The average molecular weight is 236 g/mol. The Hall–Kier alpha value is 0.371. The Balaban J connectivity index is 0. The molecular weight excluding hydrogens is 233 g/mol. The minimum atomic E-state index is -3.67. The van der Waals surface area contributed by atoms with E-state index in [2.05, 4.69) is 0 Å². The second-order valence-corrected chi connectivity index (χ2v) is 1.75. The molecular formula is C6H3BF5KO. The Labute approximate surface area is 120 Å². The van der Waals surface area contributed by atoms with Gasteiger partial charge in [-0.05, 0) is 0 Å². The zero-order chi connectivity index (χ0) is 10.4. The Bertz CT molecular complexity index is 270. The summed E-state index contributed by atoms with van der Waals surface area (Å²) in [7, 11) is -3.67. The second-order valence-electron chi connectivity index (χ2n) is 1.75. The van der Waals surface area contributed by atoms with Gasteiger partial charge < -0.3 is 5.11 Å². The minimum absolute atomic E-state index is 0. The standard InChI is InChI=1S/C6H3F2O.BF3.K/c7-4-1-2-5(8)6(9)3-4;2-1(3)4;/h1-2,9H;;/q-1;;+1. The molecule has 0 aliphatic heterocycles. The first-order chi connectivity index (χ1) is 5.93. The maximum atomic E-state index is 12.1. The van der Waals surface area contributed by atoms with Crippen LogP contribution >= 0.6 is 0 Å². The van der Waals surface area contributed by atoms with E-state index in [9.17, 15) is 21.7 Å². The molecule has 1 nitrogen and oxygen atoms in total. The van der Waals surface area contributed by atoms with Crippen LogP contribution in [0.15, 0.2) is 12.1 Å². The van der Waals surface area contributed by atoms with E-state index < -0.39 is 24.9 Å². The van der Waals surface area contributed by atoms with Gasteiger partial charge in [0.25, 0.3) is 0 Å². The summed E-state index contributed by atoms with van der Waals surface area (Å²) in [5.41, 5.74) is 0. The predicted molar refractivity (Wildman–Crippen MR) is 35.9 cm³/mol. The number of phenols is 1. The summed E-state index contributed by atoms with van der Waals surface area (Å²) in [6, 6.07) is 3.47. The zero-order valence-corrected chi connectivity index (χ0v) is 10.2. The van der Waals surface area contributed by atoms with Gasteiger partial charge in [-0.2, -0.15) is 0 Å². The molecule has 14 heavy (non-hydrogen) atoms. The number of aromatic hydroxyl groups is 1. The topological polar surface area (TPSA) is 20.2 Å². The molecule has 0 unspecified atom stereocenters. The molecule has 0 atom stereocenters. The maximum Gasteiger partial charge on any atom is 1.00 e. The third-order valence-electron chi connectivity index (χ3n) is 0.840. The summed E-state index contributed by atoms with van der Waals surface area (Å²) in [6.07, 6.45) is 0. The van der Waals surface area contributed by atoms with E-state index in [1.54, 1.807) is 6.07 Å². The van der Waals surface area contributed by atoms with Crippen LogP contribution in [0.5, 0.6) is 5.75 Å². The number of hydrogen-bond donors (Lipinski definition) is 1. The fourth-order valence-electron chi connectivity index (χ4n) is 0.440. The second kappa shape index (κ2) is 8.66. The van der Waals surface area contributed by atoms with Gasteiger partial charge in [0.05, 0.1) is 0 Å². The van der Waals surface area contributed by atoms with Gasteiger partial charge in [0.1, 0.15) is 0 Å². The van der Waals surface area contributed by atoms with E-state index in [-0.39, 0.29) is 51.4 Å². The smallest absolute Gasteiger partial charge is 0.531 e. The van der Waals surface area contributed by atoms with Gasteiger partial charge >= 0.3 is 58.9 Å². The first-order valence-electron chi connectivity index (χ1n) is 2.92. The Morgan fingerprint density at radius 3 is 1.86 bits per heavy atom. The van der Waals surface area contributed by atoms with Crippen molar-refractivity contribution in [2.75, 3.05) is 0 Å². The minimum Gasteiger partial charge on any atom is -0.531 e. The van der Waals surface area contributed by atoms with Crippen molar-refractivity contribution in [2.45, 2.75) is 0 Å². The summed E-state index contributed by atoms with van der Waals surface area (Å²) in [5.74, 6) is -2.42. The molecule has 0 bridgehead atoms. The molecule has 0 amide bonds. The zero-order valence-electron chi connectivity index (χ0n) is 7.07. The van der Waals surface area contributed by atoms with Gasteiger partial charge in [-0.1, -0.05) is 6.07 Å². The Kier molecular flexibility index (Phi) is 10.4. The van der Waals surface area contributed by atoms with E-state index in [0.717, 1.165) is 12.1 Å². The molecule has 0 aromatic heterocycles. The summed E-state index contributed by atoms with van der Waals surface area (Å²) in [6.45, 7) is 0. The third-order valence-corrected chi connectivity index (χ3v) is 0.840. The van der Waals surface area contributed by atoms with Crippen molar-refractivity contribution in [1.29, 1.82) is 0 Å². The normalized spacial score (nSPS) is 8.07. The van der Waals surface area contributed by atoms with Crippen molar-refractivity contribution in [2.24, 2.45) is 0 Å². The quantitative estimate of drug-likeness (QED) is 0.360. The van der Waals surface area contributed by atoms with Crippen molar-refractivity contribution in [1.82, 2.24) is 0 Å². The van der Waals surface area contributed by atoms with E-state index in [1.807, 2.05) is 0 Å². The van der Waals surface area contributed by atoms with Crippen molar-refractivity contribution in [3.05, 3.63) is 29.8 Å². The predicted octanol–water partition coefficient (Wildman–Crippen LogP) is -0.646. The Morgan fingerprint density at radius 2 is 1.57 bits per heavy atom. The number of benzene rings is 1. The summed E-state index contributed by atoms with van der Waals surface area (Å²) >= 11 is 0. The fourth-order valence-corrected chi connectivity index (χ4v) is 0.440. The van der Waals surface area contributed by atoms with Crippen LogP contribution in [0, 0.1) is 17.7 Å². The number of halogens is 5. The monoisotopic (exact) mass is 236 g/mol. The van der Waals surface area contributed by atoms with Crippen LogP contribution in [0.3, 0.4) is 0 Å². The van der Waals surface area contributed by atoms with Crippen LogP contribution in [-0.4, -0.2) is 12.7 Å². The molecule has 0 heterocycles. The van der Waals surface area contributed by atoms with Crippen LogP contribution in [0.2, 0.25) is 0 Å². The molecule has 72 valence electrons. The van der Waals surface area contributed by atoms with Crippen LogP contribution in [0.1, 0.15) is 0 Å². The van der Waals surface area contributed by atoms with E-state index in [1.165, 1.54) is 0 Å². The first kappa shape index (κ1) is 16.8. The molecule has 1 rings (SSSR count). The van der Waals surface area contributed by atoms with E-state index in [0.29, 0.717) is 0 Å². The molecule has 0 aliphatic carbocycles. The Morgan fingerprint density at radius 1 is 1.14 bits per heavy atom. The number of rotatable bonds is 0. The van der Waals surface area contributed by atoms with Crippen LogP contribution in [0.4, 0.5) is 21.7 Å². The molecule has 0 fully saturated rings.